The third-order valence-corrected chi connectivity index (χ3v) is 3.29. The summed E-state index contributed by atoms with van der Waals surface area (Å²) >= 11 is 3.55. The average molecular weight is 283 g/mol. The molecule has 0 fully saturated rings. The SMILES string of the molecule is C=CCC(CC)c1ccc(OCC)c(Br)c1. The van der Waals surface area contributed by atoms with E-state index in [1.807, 2.05) is 19.1 Å². The summed E-state index contributed by atoms with van der Waals surface area (Å²) in [5, 5.41) is 0. The summed E-state index contributed by atoms with van der Waals surface area (Å²) in [6.07, 6.45) is 4.14. The number of halogens is 1. The zero-order valence-corrected chi connectivity index (χ0v) is 11.6. The molecule has 1 rings (SSSR count). The first-order valence-electron chi connectivity index (χ1n) is 5.76. The van der Waals surface area contributed by atoms with Crippen LogP contribution in [-0.2, 0) is 0 Å². The summed E-state index contributed by atoms with van der Waals surface area (Å²) in [4.78, 5) is 0. The van der Waals surface area contributed by atoms with E-state index >= 15 is 0 Å². The van der Waals surface area contributed by atoms with Gasteiger partial charge in [0.05, 0.1) is 11.1 Å². The second-order valence-corrected chi connectivity index (χ2v) is 4.61. The van der Waals surface area contributed by atoms with Crippen LogP contribution in [0.1, 0.15) is 38.2 Å². The fourth-order valence-corrected chi connectivity index (χ4v) is 2.29. The van der Waals surface area contributed by atoms with Crippen LogP contribution in [-0.4, -0.2) is 6.61 Å². The summed E-state index contributed by atoms with van der Waals surface area (Å²) in [6, 6.07) is 6.34. The molecule has 0 heterocycles. The zero-order valence-electron chi connectivity index (χ0n) is 10.0. The second kappa shape index (κ2) is 6.74. The van der Waals surface area contributed by atoms with Crippen LogP contribution < -0.4 is 4.74 Å². The molecule has 0 N–H and O–H groups in total. The van der Waals surface area contributed by atoms with E-state index in [1.54, 1.807) is 0 Å². The van der Waals surface area contributed by atoms with Gasteiger partial charge in [0.1, 0.15) is 5.75 Å². The van der Waals surface area contributed by atoms with Gasteiger partial charge in [0.25, 0.3) is 0 Å². The summed E-state index contributed by atoms with van der Waals surface area (Å²) in [5.41, 5.74) is 1.35. The predicted molar refractivity (Wildman–Crippen MR) is 73.2 cm³/mol. The van der Waals surface area contributed by atoms with Crippen molar-refractivity contribution in [1.82, 2.24) is 0 Å². The molecular weight excluding hydrogens is 264 g/mol. The Kier molecular flexibility index (Phi) is 5.61. The molecule has 0 aromatic heterocycles. The molecule has 0 radical (unpaired) electrons. The van der Waals surface area contributed by atoms with Gasteiger partial charge in [0.15, 0.2) is 0 Å². The number of allylic oxidation sites excluding steroid dienone is 1. The van der Waals surface area contributed by atoms with E-state index in [0.717, 1.165) is 23.1 Å². The second-order valence-electron chi connectivity index (χ2n) is 3.75. The first-order chi connectivity index (χ1) is 7.72. The number of benzene rings is 1. The van der Waals surface area contributed by atoms with Crippen molar-refractivity contribution in [1.29, 1.82) is 0 Å². The Labute approximate surface area is 107 Å². The van der Waals surface area contributed by atoms with Crippen LogP contribution in [0.4, 0.5) is 0 Å². The predicted octanol–water partition coefficient (Wildman–Crippen LogP) is 4.92. The van der Waals surface area contributed by atoms with Crippen LogP contribution in [0.25, 0.3) is 0 Å². The number of ether oxygens (including phenoxy) is 1. The lowest BCUT2D eigenvalue weighted by molar-refractivity contribution is 0.338. The van der Waals surface area contributed by atoms with Crippen molar-refractivity contribution >= 4 is 15.9 Å². The monoisotopic (exact) mass is 282 g/mol. The van der Waals surface area contributed by atoms with Gasteiger partial charge in [-0.1, -0.05) is 19.1 Å². The molecular formula is C14H19BrO. The topological polar surface area (TPSA) is 9.23 Å². The first-order valence-corrected chi connectivity index (χ1v) is 6.55. The third-order valence-electron chi connectivity index (χ3n) is 2.67. The molecule has 1 aromatic carbocycles. The highest BCUT2D eigenvalue weighted by molar-refractivity contribution is 9.10. The minimum absolute atomic E-state index is 0.560. The van der Waals surface area contributed by atoms with Gasteiger partial charge in [0, 0.05) is 0 Å². The summed E-state index contributed by atoms with van der Waals surface area (Å²) in [6.45, 7) is 8.70. The maximum absolute atomic E-state index is 5.50. The van der Waals surface area contributed by atoms with E-state index in [-0.39, 0.29) is 0 Å². The standard InChI is InChI=1S/C14H19BrO/c1-4-7-11(5-2)12-8-9-14(16-6-3)13(15)10-12/h4,8-11H,1,5-7H2,2-3H3. The number of hydrogen-bond donors (Lipinski definition) is 0. The Morgan fingerprint density at radius 3 is 2.69 bits per heavy atom. The van der Waals surface area contributed by atoms with Gasteiger partial charge in [-0.2, -0.15) is 0 Å². The maximum Gasteiger partial charge on any atom is 0.133 e. The van der Waals surface area contributed by atoms with Crippen molar-refractivity contribution in [2.45, 2.75) is 32.6 Å². The lowest BCUT2D eigenvalue weighted by atomic mass is 9.93. The van der Waals surface area contributed by atoms with Crippen LogP contribution in [0.3, 0.4) is 0 Å². The highest BCUT2D eigenvalue weighted by Crippen LogP contribution is 2.31. The Balaban J connectivity index is 2.89. The number of rotatable bonds is 6. The summed E-state index contributed by atoms with van der Waals surface area (Å²) in [5.74, 6) is 1.48. The smallest absolute Gasteiger partial charge is 0.133 e. The van der Waals surface area contributed by atoms with Crippen LogP contribution in [0.5, 0.6) is 5.75 Å². The molecule has 0 spiro atoms. The van der Waals surface area contributed by atoms with Crippen molar-refractivity contribution in [3.05, 3.63) is 40.9 Å². The van der Waals surface area contributed by atoms with E-state index in [0.29, 0.717) is 12.5 Å². The van der Waals surface area contributed by atoms with Gasteiger partial charge in [-0.3, -0.25) is 0 Å². The van der Waals surface area contributed by atoms with Crippen molar-refractivity contribution in [2.24, 2.45) is 0 Å². The fraction of sp³-hybridized carbons (Fsp3) is 0.429. The molecule has 88 valence electrons. The van der Waals surface area contributed by atoms with Gasteiger partial charge in [-0.25, -0.2) is 0 Å². The van der Waals surface area contributed by atoms with E-state index in [4.69, 9.17) is 4.74 Å². The van der Waals surface area contributed by atoms with Gasteiger partial charge >= 0.3 is 0 Å². The minimum atomic E-state index is 0.560. The van der Waals surface area contributed by atoms with Crippen molar-refractivity contribution in [3.8, 4) is 5.75 Å². The van der Waals surface area contributed by atoms with E-state index in [2.05, 4.69) is 41.6 Å². The molecule has 2 heteroatoms. The molecule has 0 amide bonds. The third kappa shape index (κ3) is 3.38. The minimum Gasteiger partial charge on any atom is -0.493 e. The fourth-order valence-electron chi connectivity index (χ4n) is 1.78. The van der Waals surface area contributed by atoms with Crippen LogP contribution in [0.2, 0.25) is 0 Å². The van der Waals surface area contributed by atoms with Crippen molar-refractivity contribution in [3.63, 3.8) is 0 Å². The van der Waals surface area contributed by atoms with Gasteiger partial charge < -0.3 is 4.74 Å². The summed E-state index contributed by atoms with van der Waals surface area (Å²) < 4.78 is 6.53. The van der Waals surface area contributed by atoms with Gasteiger partial charge in [-0.15, -0.1) is 6.58 Å². The van der Waals surface area contributed by atoms with E-state index in [1.165, 1.54) is 5.56 Å². The van der Waals surface area contributed by atoms with Crippen molar-refractivity contribution < 1.29 is 4.74 Å². The lowest BCUT2D eigenvalue weighted by Gasteiger charge is -2.15. The average Bonchev–Trinajstić information content (AvgIpc) is 2.29. The van der Waals surface area contributed by atoms with E-state index < -0.39 is 0 Å². The molecule has 1 unspecified atom stereocenters. The van der Waals surface area contributed by atoms with Gasteiger partial charge in [0.2, 0.25) is 0 Å². The molecule has 1 atom stereocenters. The molecule has 0 saturated carbocycles. The molecule has 0 aliphatic heterocycles. The molecule has 0 bridgehead atoms. The maximum atomic E-state index is 5.50. The zero-order chi connectivity index (χ0) is 12.0. The normalized spacial score (nSPS) is 12.2. The molecule has 0 aliphatic carbocycles. The van der Waals surface area contributed by atoms with Crippen LogP contribution in [0.15, 0.2) is 35.3 Å². The molecule has 0 aliphatic rings. The van der Waals surface area contributed by atoms with E-state index in [9.17, 15) is 0 Å². The van der Waals surface area contributed by atoms with Crippen LogP contribution >= 0.6 is 15.9 Å². The Bertz CT molecular complexity index is 347. The molecule has 1 nitrogen and oxygen atoms in total. The Morgan fingerprint density at radius 1 is 1.44 bits per heavy atom. The molecule has 16 heavy (non-hydrogen) atoms. The van der Waals surface area contributed by atoms with Gasteiger partial charge in [-0.05, 0) is 59.3 Å². The first kappa shape index (κ1) is 13.3. The molecule has 1 aromatic rings. The lowest BCUT2D eigenvalue weighted by Crippen LogP contribution is -1.98. The highest BCUT2D eigenvalue weighted by atomic mass is 79.9. The highest BCUT2D eigenvalue weighted by Gasteiger charge is 2.10. The summed E-state index contributed by atoms with van der Waals surface area (Å²) in [7, 11) is 0. The number of hydrogen-bond acceptors (Lipinski definition) is 1. The Hall–Kier alpha value is -0.760. The molecule has 0 saturated heterocycles. The quantitative estimate of drug-likeness (QED) is 0.673. The van der Waals surface area contributed by atoms with Crippen molar-refractivity contribution in [2.75, 3.05) is 6.61 Å². The Morgan fingerprint density at radius 2 is 2.19 bits per heavy atom. The largest absolute Gasteiger partial charge is 0.493 e. The van der Waals surface area contributed by atoms with Crippen LogP contribution in [0, 0.1) is 0 Å².